The summed E-state index contributed by atoms with van der Waals surface area (Å²) in [6.07, 6.45) is 5.85. The minimum absolute atomic E-state index is 0.930. The molecule has 2 heterocycles. The predicted octanol–water partition coefficient (Wildman–Crippen LogP) is 2.52. The Kier molecular flexibility index (Phi) is 2.40. The first-order valence-corrected chi connectivity index (χ1v) is 5.51. The van der Waals surface area contributed by atoms with Crippen molar-refractivity contribution >= 4 is 0 Å². The van der Waals surface area contributed by atoms with Crippen molar-refractivity contribution in [3.05, 3.63) is 0 Å². The number of hydrogen-bond donors (Lipinski definition) is 0. The van der Waals surface area contributed by atoms with Gasteiger partial charge in [-0.3, -0.25) is 0 Å². The molecule has 1 heteroatoms. The van der Waals surface area contributed by atoms with Crippen LogP contribution >= 0.6 is 0 Å². The van der Waals surface area contributed by atoms with E-state index in [0.717, 1.165) is 17.9 Å². The monoisotopic (exact) mass is 167 g/mol. The van der Waals surface area contributed by atoms with Crippen LogP contribution in [0.15, 0.2) is 0 Å². The average molecular weight is 167 g/mol. The normalized spacial score (nSPS) is 44.0. The highest BCUT2D eigenvalue weighted by Gasteiger charge is 2.31. The molecule has 0 aliphatic carbocycles. The van der Waals surface area contributed by atoms with Gasteiger partial charge in [-0.25, -0.2) is 0 Å². The molecule has 0 amide bonds. The highest BCUT2D eigenvalue weighted by molar-refractivity contribution is 4.86. The first-order chi connectivity index (χ1) is 5.77. The van der Waals surface area contributed by atoms with Crippen molar-refractivity contribution in [3.8, 4) is 0 Å². The summed E-state index contributed by atoms with van der Waals surface area (Å²) < 4.78 is 0. The molecule has 2 saturated heterocycles. The van der Waals surface area contributed by atoms with E-state index in [0.29, 0.717) is 0 Å². The van der Waals surface area contributed by atoms with Crippen molar-refractivity contribution in [2.75, 3.05) is 13.1 Å². The van der Waals surface area contributed by atoms with Gasteiger partial charge in [-0.1, -0.05) is 20.3 Å². The molecule has 0 radical (unpaired) electrons. The summed E-state index contributed by atoms with van der Waals surface area (Å²) in [6.45, 7) is 7.58. The third kappa shape index (κ3) is 1.52. The molecule has 70 valence electrons. The van der Waals surface area contributed by atoms with Crippen LogP contribution in [0.1, 0.15) is 39.5 Å². The SMILES string of the molecule is CC1CC2CCCCN2CC1C. The molecule has 0 N–H and O–H groups in total. The van der Waals surface area contributed by atoms with Crippen molar-refractivity contribution in [1.29, 1.82) is 0 Å². The van der Waals surface area contributed by atoms with E-state index in [2.05, 4.69) is 18.7 Å². The Bertz CT molecular complexity index is 137. The second-order valence-corrected chi connectivity index (χ2v) is 4.83. The fraction of sp³-hybridized carbons (Fsp3) is 1.00. The Morgan fingerprint density at radius 3 is 2.75 bits per heavy atom. The molecule has 3 atom stereocenters. The molecular weight excluding hydrogens is 146 g/mol. The Morgan fingerprint density at radius 1 is 1.08 bits per heavy atom. The van der Waals surface area contributed by atoms with Gasteiger partial charge in [-0.2, -0.15) is 0 Å². The molecule has 0 saturated carbocycles. The van der Waals surface area contributed by atoms with Gasteiger partial charge in [0.15, 0.2) is 0 Å². The molecule has 3 unspecified atom stereocenters. The van der Waals surface area contributed by atoms with E-state index in [1.807, 2.05) is 0 Å². The van der Waals surface area contributed by atoms with Crippen molar-refractivity contribution in [2.45, 2.75) is 45.6 Å². The molecule has 1 nitrogen and oxygen atoms in total. The van der Waals surface area contributed by atoms with Gasteiger partial charge < -0.3 is 4.90 Å². The van der Waals surface area contributed by atoms with Crippen LogP contribution in [0.4, 0.5) is 0 Å². The number of rotatable bonds is 0. The maximum atomic E-state index is 2.73. The van der Waals surface area contributed by atoms with Gasteiger partial charge in [0.2, 0.25) is 0 Å². The molecule has 2 fully saturated rings. The maximum Gasteiger partial charge on any atom is 0.00980 e. The summed E-state index contributed by atoms with van der Waals surface area (Å²) in [4.78, 5) is 2.73. The molecule has 0 bridgehead atoms. The Labute approximate surface area is 76.1 Å². The second-order valence-electron chi connectivity index (χ2n) is 4.83. The van der Waals surface area contributed by atoms with Crippen LogP contribution in [0.25, 0.3) is 0 Å². The van der Waals surface area contributed by atoms with Gasteiger partial charge in [0.05, 0.1) is 0 Å². The minimum atomic E-state index is 0.930. The minimum Gasteiger partial charge on any atom is -0.300 e. The van der Waals surface area contributed by atoms with E-state index in [9.17, 15) is 0 Å². The summed E-state index contributed by atoms with van der Waals surface area (Å²) in [5.74, 6) is 1.89. The lowest BCUT2D eigenvalue weighted by molar-refractivity contribution is 0.0493. The van der Waals surface area contributed by atoms with Gasteiger partial charge in [0, 0.05) is 12.6 Å². The topological polar surface area (TPSA) is 3.24 Å². The highest BCUT2D eigenvalue weighted by Crippen LogP contribution is 2.32. The number of piperidine rings is 2. The summed E-state index contributed by atoms with van der Waals surface area (Å²) in [5.41, 5.74) is 0. The Hall–Kier alpha value is -0.0400. The summed E-state index contributed by atoms with van der Waals surface area (Å²) in [5, 5.41) is 0. The van der Waals surface area contributed by atoms with Crippen molar-refractivity contribution in [2.24, 2.45) is 11.8 Å². The highest BCUT2D eigenvalue weighted by atomic mass is 15.2. The molecule has 12 heavy (non-hydrogen) atoms. The van der Waals surface area contributed by atoms with Crippen LogP contribution in [0.3, 0.4) is 0 Å². The van der Waals surface area contributed by atoms with E-state index in [1.54, 1.807) is 0 Å². The van der Waals surface area contributed by atoms with E-state index in [4.69, 9.17) is 0 Å². The lowest BCUT2D eigenvalue weighted by atomic mass is 9.81. The van der Waals surface area contributed by atoms with Gasteiger partial charge in [0.1, 0.15) is 0 Å². The van der Waals surface area contributed by atoms with Gasteiger partial charge >= 0.3 is 0 Å². The molecule has 2 rings (SSSR count). The number of nitrogens with zero attached hydrogens (tertiary/aromatic N) is 1. The molecule has 2 aliphatic heterocycles. The van der Waals surface area contributed by atoms with Crippen LogP contribution < -0.4 is 0 Å². The van der Waals surface area contributed by atoms with Crippen molar-refractivity contribution in [3.63, 3.8) is 0 Å². The zero-order chi connectivity index (χ0) is 8.55. The molecule has 0 aromatic carbocycles. The lowest BCUT2D eigenvalue weighted by Crippen LogP contribution is -2.48. The lowest BCUT2D eigenvalue weighted by Gasteiger charge is -2.44. The summed E-state index contributed by atoms with van der Waals surface area (Å²) >= 11 is 0. The first kappa shape index (κ1) is 8.55. The van der Waals surface area contributed by atoms with Gasteiger partial charge in [-0.05, 0) is 37.6 Å². The van der Waals surface area contributed by atoms with Gasteiger partial charge in [-0.15, -0.1) is 0 Å². The van der Waals surface area contributed by atoms with E-state index in [1.165, 1.54) is 38.8 Å². The Balaban J connectivity index is 1.98. The maximum absolute atomic E-state index is 2.73. The molecule has 0 aromatic heterocycles. The predicted molar refractivity (Wildman–Crippen MR) is 52.2 cm³/mol. The smallest absolute Gasteiger partial charge is 0.00980 e. The Morgan fingerprint density at radius 2 is 1.92 bits per heavy atom. The quantitative estimate of drug-likeness (QED) is 0.536. The van der Waals surface area contributed by atoms with Gasteiger partial charge in [0.25, 0.3) is 0 Å². The van der Waals surface area contributed by atoms with Crippen LogP contribution in [-0.2, 0) is 0 Å². The zero-order valence-corrected chi connectivity index (χ0v) is 8.42. The third-order valence-corrected chi connectivity index (χ3v) is 3.89. The van der Waals surface area contributed by atoms with Crippen LogP contribution in [0.5, 0.6) is 0 Å². The number of hydrogen-bond acceptors (Lipinski definition) is 1. The van der Waals surface area contributed by atoms with E-state index >= 15 is 0 Å². The largest absolute Gasteiger partial charge is 0.300 e. The van der Waals surface area contributed by atoms with Crippen molar-refractivity contribution in [1.82, 2.24) is 4.90 Å². The van der Waals surface area contributed by atoms with Crippen LogP contribution in [0.2, 0.25) is 0 Å². The standard InChI is InChI=1S/C11H21N/c1-9-7-11-5-3-4-6-12(11)8-10(9)2/h9-11H,3-8H2,1-2H3. The van der Waals surface area contributed by atoms with Crippen LogP contribution in [0, 0.1) is 11.8 Å². The second kappa shape index (κ2) is 3.37. The fourth-order valence-electron chi connectivity index (χ4n) is 2.78. The summed E-state index contributed by atoms with van der Waals surface area (Å²) in [6, 6.07) is 0.949. The first-order valence-electron chi connectivity index (χ1n) is 5.51. The van der Waals surface area contributed by atoms with E-state index in [-0.39, 0.29) is 0 Å². The third-order valence-electron chi connectivity index (χ3n) is 3.89. The number of fused-ring (bicyclic) bond motifs is 1. The zero-order valence-electron chi connectivity index (χ0n) is 8.42. The molecule has 2 aliphatic rings. The molecular formula is C11H21N. The fourth-order valence-corrected chi connectivity index (χ4v) is 2.78. The van der Waals surface area contributed by atoms with Crippen LogP contribution in [-0.4, -0.2) is 24.0 Å². The molecule has 0 aromatic rings. The van der Waals surface area contributed by atoms with Crippen molar-refractivity contribution < 1.29 is 0 Å². The summed E-state index contributed by atoms with van der Waals surface area (Å²) in [7, 11) is 0. The average Bonchev–Trinajstić information content (AvgIpc) is 2.07. The molecule has 0 spiro atoms. The van der Waals surface area contributed by atoms with E-state index < -0.39 is 0 Å².